The molecule has 1 nitrogen and oxygen atoms in total. The summed E-state index contributed by atoms with van der Waals surface area (Å²) in [6.07, 6.45) is 6.10. The van der Waals surface area contributed by atoms with Gasteiger partial charge in [-0.3, -0.25) is 4.79 Å². The van der Waals surface area contributed by atoms with E-state index in [2.05, 4.69) is 27.4 Å². The van der Waals surface area contributed by atoms with Gasteiger partial charge in [0.25, 0.3) is 0 Å². The summed E-state index contributed by atoms with van der Waals surface area (Å²) in [5.74, 6) is 1.47. The Morgan fingerprint density at radius 2 is 2.25 bits per heavy atom. The highest BCUT2D eigenvalue weighted by Gasteiger charge is 2.43. The molecule has 0 saturated heterocycles. The van der Waals surface area contributed by atoms with Crippen molar-refractivity contribution in [2.75, 3.05) is 0 Å². The second-order valence-corrected chi connectivity index (χ2v) is 5.94. The van der Waals surface area contributed by atoms with E-state index in [1.807, 2.05) is 6.08 Å². The number of hydrogen-bond donors (Lipinski definition) is 0. The van der Waals surface area contributed by atoms with Crippen LogP contribution in [0.4, 0.5) is 0 Å². The summed E-state index contributed by atoms with van der Waals surface area (Å²) in [6, 6.07) is 0. The number of allylic oxidation sites excluding steroid dienone is 3. The van der Waals surface area contributed by atoms with Gasteiger partial charge in [0.2, 0.25) is 0 Å². The highest BCUT2D eigenvalue weighted by Crippen LogP contribution is 2.52. The van der Waals surface area contributed by atoms with Crippen LogP contribution < -0.4 is 0 Å². The number of carbonyl (C=O) groups excluding carboxylic acids is 1. The van der Waals surface area contributed by atoms with Gasteiger partial charge in [-0.25, -0.2) is 0 Å². The third kappa shape index (κ3) is 1.77. The van der Waals surface area contributed by atoms with Gasteiger partial charge in [0.15, 0.2) is 5.78 Å². The molecule has 0 heterocycles. The van der Waals surface area contributed by atoms with E-state index in [0.29, 0.717) is 17.6 Å². The van der Waals surface area contributed by atoms with Crippen LogP contribution in [0, 0.1) is 17.3 Å². The van der Waals surface area contributed by atoms with Crippen molar-refractivity contribution in [3.05, 3.63) is 23.8 Å². The average Bonchev–Trinajstić information content (AvgIpc) is 2.19. The summed E-state index contributed by atoms with van der Waals surface area (Å²) in [7, 11) is 0. The van der Waals surface area contributed by atoms with Gasteiger partial charge in [-0.05, 0) is 49.5 Å². The zero-order valence-electron chi connectivity index (χ0n) is 10.7. The molecule has 0 spiro atoms. The summed E-state index contributed by atoms with van der Waals surface area (Å²) >= 11 is 0. The molecule has 3 atom stereocenters. The van der Waals surface area contributed by atoms with Crippen molar-refractivity contribution in [3.63, 3.8) is 0 Å². The van der Waals surface area contributed by atoms with Crippen LogP contribution in [0.5, 0.6) is 0 Å². The van der Waals surface area contributed by atoms with Crippen LogP contribution in [-0.4, -0.2) is 5.78 Å². The van der Waals surface area contributed by atoms with Gasteiger partial charge in [0.1, 0.15) is 0 Å². The molecule has 2 aliphatic rings. The maximum atomic E-state index is 11.6. The first-order valence-electron chi connectivity index (χ1n) is 6.33. The monoisotopic (exact) mass is 218 g/mol. The maximum Gasteiger partial charge on any atom is 0.155 e. The zero-order chi connectivity index (χ0) is 11.9. The first kappa shape index (κ1) is 11.6. The number of carbonyl (C=O) groups is 1. The Morgan fingerprint density at radius 3 is 2.88 bits per heavy atom. The van der Waals surface area contributed by atoms with Crippen LogP contribution in [0.1, 0.15) is 46.5 Å². The number of hydrogen-bond acceptors (Lipinski definition) is 1. The van der Waals surface area contributed by atoms with Crippen LogP contribution in [0.15, 0.2) is 23.8 Å². The Balaban J connectivity index is 2.30. The molecule has 1 saturated carbocycles. The molecule has 1 unspecified atom stereocenters. The van der Waals surface area contributed by atoms with Crippen molar-refractivity contribution >= 4 is 5.78 Å². The van der Waals surface area contributed by atoms with Crippen LogP contribution >= 0.6 is 0 Å². The lowest BCUT2D eigenvalue weighted by Gasteiger charge is -2.47. The average molecular weight is 218 g/mol. The minimum absolute atomic E-state index is 0.246. The van der Waals surface area contributed by atoms with E-state index in [-0.39, 0.29) is 5.41 Å². The van der Waals surface area contributed by atoms with Crippen molar-refractivity contribution in [2.45, 2.75) is 46.5 Å². The molecule has 0 radical (unpaired) electrons. The second-order valence-electron chi connectivity index (χ2n) is 5.94. The summed E-state index contributed by atoms with van der Waals surface area (Å²) in [5, 5.41) is 0. The third-order valence-electron chi connectivity index (χ3n) is 4.79. The first-order chi connectivity index (χ1) is 7.43. The Kier molecular flexibility index (Phi) is 2.81. The smallest absolute Gasteiger partial charge is 0.155 e. The molecular formula is C15H22O. The minimum atomic E-state index is 0.246. The van der Waals surface area contributed by atoms with Gasteiger partial charge < -0.3 is 0 Å². The molecule has 0 aromatic carbocycles. The fourth-order valence-corrected chi connectivity index (χ4v) is 3.32. The van der Waals surface area contributed by atoms with Gasteiger partial charge in [-0.1, -0.05) is 31.6 Å². The van der Waals surface area contributed by atoms with Gasteiger partial charge in [0, 0.05) is 6.42 Å². The van der Waals surface area contributed by atoms with Crippen molar-refractivity contribution < 1.29 is 4.79 Å². The number of ketones is 1. The molecule has 1 fully saturated rings. The predicted molar refractivity (Wildman–Crippen MR) is 67.1 cm³/mol. The van der Waals surface area contributed by atoms with E-state index in [9.17, 15) is 4.79 Å². The normalized spacial score (nSPS) is 38.9. The minimum Gasteiger partial charge on any atom is -0.295 e. The quantitative estimate of drug-likeness (QED) is 0.610. The van der Waals surface area contributed by atoms with Crippen LogP contribution in [0.25, 0.3) is 0 Å². The molecule has 16 heavy (non-hydrogen) atoms. The first-order valence-corrected chi connectivity index (χ1v) is 6.33. The highest BCUT2D eigenvalue weighted by atomic mass is 16.1. The van der Waals surface area contributed by atoms with E-state index in [1.54, 1.807) is 0 Å². The van der Waals surface area contributed by atoms with E-state index in [4.69, 9.17) is 0 Å². The van der Waals surface area contributed by atoms with Gasteiger partial charge in [0.05, 0.1) is 0 Å². The molecular weight excluding hydrogens is 196 g/mol. The molecule has 0 aromatic rings. The fraction of sp³-hybridized carbons (Fsp3) is 0.667. The molecule has 2 aliphatic carbocycles. The number of fused-ring (bicyclic) bond motifs is 1. The van der Waals surface area contributed by atoms with Gasteiger partial charge in [-0.15, -0.1) is 0 Å². The summed E-state index contributed by atoms with van der Waals surface area (Å²) in [6.45, 7) is 10.8. The van der Waals surface area contributed by atoms with E-state index >= 15 is 0 Å². The maximum absolute atomic E-state index is 11.6. The van der Waals surface area contributed by atoms with Gasteiger partial charge in [-0.2, -0.15) is 0 Å². The lowest BCUT2D eigenvalue weighted by Crippen LogP contribution is -2.38. The molecule has 2 rings (SSSR count). The van der Waals surface area contributed by atoms with Crippen molar-refractivity contribution in [3.8, 4) is 0 Å². The SMILES string of the molecule is C=C(C)[C@@H]1CCC2=CC(=O)CC(C)[C@]2(C)C1. The topological polar surface area (TPSA) is 17.1 Å². The Bertz CT molecular complexity index is 364. The van der Waals surface area contributed by atoms with Crippen LogP contribution in [-0.2, 0) is 4.79 Å². The van der Waals surface area contributed by atoms with Crippen molar-refractivity contribution in [1.29, 1.82) is 0 Å². The van der Waals surface area contributed by atoms with Gasteiger partial charge >= 0.3 is 0 Å². The molecule has 1 heteroatoms. The Hall–Kier alpha value is -0.850. The fourth-order valence-electron chi connectivity index (χ4n) is 3.32. The van der Waals surface area contributed by atoms with E-state index < -0.39 is 0 Å². The lowest BCUT2D eigenvalue weighted by atomic mass is 9.57. The lowest BCUT2D eigenvalue weighted by molar-refractivity contribution is -0.117. The second kappa shape index (κ2) is 3.87. The summed E-state index contributed by atoms with van der Waals surface area (Å²) in [5.41, 5.74) is 2.95. The third-order valence-corrected chi connectivity index (χ3v) is 4.79. The van der Waals surface area contributed by atoms with E-state index in [1.165, 1.54) is 24.0 Å². The molecule has 0 bridgehead atoms. The molecule has 0 aliphatic heterocycles. The molecule has 0 aromatic heterocycles. The molecule has 0 amide bonds. The largest absolute Gasteiger partial charge is 0.295 e. The zero-order valence-corrected chi connectivity index (χ0v) is 10.7. The molecule has 0 N–H and O–H groups in total. The van der Waals surface area contributed by atoms with Crippen LogP contribution in [0.2, 0.25) is 0 Å². The standard InChI is InChI=1S/C15H22O/c1-10(2)12-5-6-13-8-14(16)7-11(3)15(13,4)9-12/h8,11-12H,1,5-7,9H2,2-4H3/t11?,12-,15+/m1/s1. The van der Waals surface area contributed by atoms with Crippen LogP contribution in [0.3, 0.4) is 0 Å². The van der Waals surface area contributed by atoms with E-state index in [0.717, 1.165) is 12.8 Å². The highest BCUT2D eigenvalue weighted by molar-refractivity contribution is 5.92. The summed E-state index contributed by atoms with van der Waals surface area (Å²) in [4.78, 5) is 11.6. The Morgan fingerprint density at radius 1 is 1.56 bits per heavy atom. The van der Waals surface area contributed by atoms with Crippen molar-refractivity contribution in [1.82, 2.24) is 0 Å². The summed E-state index contributed by atoms with van der Waals surface area (Å²) < 4.78 is 0. The number of rotatable bonds is 1. The Labute approximate surface area is 98.6 Å². The molecule has 88 valence electrons. The van der Waals surface area contributed by atoms with Crippen molar-refractivity contribution in [2.24, 2.45) is 17.3 Å². The predicted octanol–water partition coefficient (Wildman–Crippen LogP) is 3.90.